The Labute approximate surface area is 98.8 Å². The van der Waals surface area contributed by atoms with Crippen molar-refractivity contribution in [2.24, 2.45) is 4.99 Å². The summed E-state index contributed by atoms with van der Waals surface area (Å²) in [5, 5.41) is 5.73. The molecule has 1 fully saturated rings. The normalized spacial score (nSPS) is 23.1. The molecule has 16 heavy (non-hydrogen) atoms. The maximum absolute atomic E-state index is 4.15. The summed E-state index contributed by atoms with van der Waals surface area (Å²) in [6, 6.07) is 0.422. The van der Waals surface area contributed by atoms with Gasteiger partial charge in [-0.1, -0.05) is 6.92 Å². The van der Waals surface area contributed by atoms with E-state index in [4.69, 9.17) is 0 Å². The van der Waals surface area contributed by atoms with E-state index in [-0.39, 0.29) is 0 Å². The smallest absolute Gasteiger partial charge is 0.0658 e. The Morgan fingerprint density at radius 2 is 2.25 bits per heavy atom. The largest absolute Gasteiger partial charge is 0.386 e. The molecule has 0 aliphatic carbocycles. The zero-order valence-electron chi connectivity index (χ0n) is 10.7. The molecule has 4 heteroatoms. The third-order valence-corrected chi connectivity index (χ3v) is 3.08. The van der Waals surface area contributed by atoms with Crippen LogP contribution in [0.4, 0.5) is 0 Å². The van der Waals surface area contributed by atoms with Gasteiger partial charge in [-0.25, -0.2) is 5.01 Å². The quantitative estimate of drug-likeness (QED) is 0.672. The molecular weight excluding hydrogens is 200 g/mol. The van der Waals surface area contributed by atoms with Crippen molar-refractivity contribution in [3.8, 4) is 0 Å². The van der Waals surface area contributed by atoms with Gasteiger partial charge in [-0.05, 0) is 40.0 Å². The van der Waals surface area contributed by atoms with Gasteiger partial charge in [-0.3, -0.25) is 10.4 Å². The molecule has 1 saturated heterocycles. The minimum Gasteiger partial charge on any atom is -0.386 e. The third kappa shape index (κ3) is 2.83. The topological polar surface area (TPSA) is 39.7 Å². The highest BCUT2D eigenvalue weighted by Gasteiger charge is 2.28. The van der Waals surface area contributed by atoms with Gasteiger partial charge < -0.3 is 5.32 Å². The number of nitrogens with zero attached hydrogens (tertiary/aromatic N) is 2. The average Bonchev–Trinajstić information content (AvgIpc) is 2.77. The highest BCUT2D eigenvalue weighted by molar-refractivity contribution is 5.32. The van der Waals surface area contributed by atoms with Crippen LogP contribution in [0.1, 0.15) is 33.1 Å². The first kappa shape index (κ1) is 13.2. The molecular formula is C12H24N4. The molecule has 0 bridgehead atoms. The summed E-state index contributed by atoms with van der Waals surface area (Å²) in [6.07, 6.45) is 3.34. The van der Waals surface area contributed by atoms with Crippen LogP contribution in [0, 0.1) is 0 Å². The average molecular weight is 224 g/mol. The highest BCUT2D eigenvalue weighted by Crippen LogP contribution is 2.23. The van der Waals surface area contributed by atoms with Gasteiger partial charge >= 0.3 is 0 Å². The van der Waals surface area contributed by atoms with E-state index in [1.165, 1.54) is 18.5 Å². The highest BCUT2D eigenvalue weighted by atomic mass is 15.5. The van der Waals surface area contributed by atoms with Gasteiger partial charge in [0.1, 0.15) is 0 Å². The number of aliphatic imine (C=N–C) groups is 1. The Morgan fingerprint density at radius 3 is 2.75 bits per heavy atom. The molecule has 1 aliphatic rings. The summed E-state index contributed by atoms with van der Waals surface area (Å²) >= 11 is 0. The molecule has 0 amide bonds. The van der Waals surface area contributed by atoms with E-state index in [1.54, 1.807) is 0 Å². The lowest BCUT2D eigenvalue weighted by Gasteiger charge is -2.27. The van der Waals surface area contributed by atoms with Gasteiger partial charge in [0.05, 0.1) is 17.4 Å². The number of hydrogen-bond donors (Lipinski definition) is 2. The van der Waals surface area contributed by atoms with E-state index in [9.17, 15) is 0 Å². The minimum absolute atomic E-state index is 0.422. The second-order valence-electron chi connectivity index (χ2n) is 3.98. The van der Waals surface area contributed by atoms with Crippen LogP contribution in [0.15, 0.2) is 16.4 Å². The zero-order chi connectivity index (χ0) is 12.0. The summed E-state index contributed by atoms with van der Waals surface area (Å²) in [4.78, 5) is 4.15. The summed E-state index contributed by atoms with van der Waals surface area (Å²) in [5.74, 6) is 0. The Hall–Kier alpha value is -0.870. The molecule has 0 aromatic carbocycles. The molecule has 0 spiro atoms. The van der Waals surface area contributed by atoms with E-state index >= 15 is 0 Å². The van der Waals surface area contributed by atoms with Gasteiger partial charge in [0.2, 0.25) is 0 Å². The third-order valence-electron chi connectivity index (χ3n) is 3.08. The molecule has 0 aromatic rings. The molecule has 1 heterocycles. The predicted molar refractivity (Wildman–Crippen MR) is 69.3 cm³/mol. The fourth-order valence-electron chi connectivity index (χ4n) is 2.32. The molecule has 0 saturated carbocycles. The first-order valence-corrected chi connectivity index (χ1v) is 6.16. The molecule has 92 valence electrons. The van der Waals surface area contributed by atoms with Gasteiger partial charge in [0.25, 0.3) is 0 Å². The van der Waals surface area contributed by atoms with E-state index in [0.29, 0.717) is 6.04 Å². The van der Waals surface area contributed by atoms with Crippen molar-refractivity contribution in [3.05, 3.63) is 11.4 Å². The number of hydrazine groups is 1. The predicted octanol–water partition coefficient (Wildman–Crippen LogP) is 1.52. The van der Waals surface area contributed by atoms with E-state index in [2.05, 4.69) is 41.3 Å². The number of allylic oxidation sites excluding steroid dienone is 1. The van der Waals surface area contributed by atoms with E-state index in [1.807, 2.05) is 7.05 Å². The van der Waals surface area contributed by atoms with E-state index < -0.39 is 0 Å². The molecule has 1 rings (SSSR count). The van der Waals surface area contributed by atoms with Crippen molar-refractivity contribution in [1.29, 1.82) is 0 Å². The monoisotopic (exact) mass is 224 g/mol. The van der Waals surface area contributed by atoms with Crippen molar-refractivity contribution in [2.75, 3.05) is 20.1 Å². The minimum atomic E-state index is 0.422. The Kier molecular flexibility index (Phi) is 5.49. The maximum Gasteiger partial charge on any atom is 0.0658 e. The summed E-state index contributed by atoms with van der Waals surface area (Å²) in [5.41, 5.74) is 5.59. The fourth-order valence-corrected chi connectivity index (χ4v) is 2.32. The molecule has 4 nitrogen and oxygen atoms in total. The number of hydrogen-bond acceptors (Lipinski definition) is 4. The Bertz CT molecular complexity index is 260. The van der Waals surface area contributed by atoms with Crippen LogP contribution >= 0.6 is 0 Å². The van der Waals surface area contributed by atoms with Gasteiger partial charge in [0, 0.05) is 13.1 Å². The van der Waals surface area contributed by atoms with Gasteiger partial charge in [-0.15, -0.1) is 0 Å². The lowest BCUT2D eigenvalue weighted by molar-refractivity contribution is 0.205. The van der Waals surface area contributed by atoms with Gasteiger partial charge in [0.15, 0.2) is 0 Å². The van der Waals surface area contributed by atoms with Crippen LogP contribution in [0.25, 0.3) is 0 Å². The first-order valence-electron chi connectivity index (χ1n) is 6.16. The van der Waals surface area contributed by atoms with E-state index in [0.717, 1.165) is 25.2 Å². The van der Waals surface area contributed by atoms with Crippen molar-refractivity contribution >= 4 is 6.72 Å². The van der Waals surface area contributed by atoms with Crippen LogP contribution in [-0.4, -0.2) is 37.9 Å². The first-order chi connectivity index (χ1) is 7.78. The van der Waals surface area contributed by atoms with Crippen LogP contribution < -0.4 is 10.7 Å². The van der Waals surface area contributed by atoms with Crippen molar-refractivity contribution < 1.29 is 0 Å². The van der Waals surface area contributed by atoms with Crippen LogP contribution in [-0.2, 0) is 0 Å². The summed E-state index contributed by atoms with van der Waals surface area (Å²) < 4.78 is 0. The number of likely N-dealkylation sites (N-methyl/N-ethyl adjacent to an activating group) is 1. The van der Waals surface area contributed by atoms with Crippen LogP contribution in [0.3, 0.4) is 0 Å². The lowest BCUT2D eigenvalue weighted by Crippen LogP contribution is -2.43. The van der Waals surface area contributed by atoms with Crippen molar-refractivity contribution in [3.63, 3.8) is 0 Å². The molecule has 1 atom stereocenters. The number of rotatable bonds is 6. The second kappa shape index (κ2) is 6.66. The van der Waals surface area contributed by atoms with Crippen LogP contribution in [0.5, 0.6) is 0 Å². The molecule has 0 radical (unpaired) electrons. The molecule has 0 aromatic heterocycles. The second-order valence-corrected chi connectivity index (χ2v) is 3.98. The van der Waals surface area contributed by atoms with Crippen molar-refractivity contribution in [1.82, 2.24) is 15.8 Å². The standard InChI is InChI=1S/C12H24N4/c1-5-10(13-3)12(15-6-2)11-8-7-9-16(11)14-4/h11,14-15H,3,5-9H2,1-2,4H3/b12-10-. The number of nitrogens with one attached hydrogen (secondary N) is 2. The van der Waals surface area contributed by atoms with Crippen LogP contribution in [0.2, 0.25) is 0 Å². The Morgan fingerprint density at radius 1 is 1.50 bits per heavy atom. The Balaban J connectivity index is 2.91. The molecule has 1 aliphatic heterocycles. The fraction of sp³-hybridized carbons (Fsp3) is 0.750. The lowest BCUT2D eigenvalue weighted by atomic mass is 10.1. The zero-order valence-corrected chi connectivity index (χ0v) is 10.7. The molecule has 1 unspecified atom stereocenters. The SMILES string of the molecule is C=N/C(CC)=C(\NCC)C1CCCN1NC. The molecule has 2 N–H and O–H groups in total. The summed E-state index contributed by atoms with van der Waals surface area (Å²) in [6.45, 7) is 9.95. The maximum atomic E-state index is 4.15. The van der Waals surface area contributed by atoms with Gasteiger partial charge in [-0.2, -0.15) is 0 Å². The van der Waals surface area contributed by atoms with Crippen molar-refractivity contribution in [2.45, 2.75) is 39.2 Å². The summed E-state index contributed by atoms with van der Waals surface area (Å²) in [7, 11) is 1.98.